The van der Waals surface area contributed by atoms with Crippen LogP contribution in [0.1, 0.15) is 40.9 Å². The molecule has 3 aromatic carbocycles. The lowest BCUT2D eigenvalue weighted by Crippen LogP contribution is -2.50. The molecule has 4 N–H and O–H groups in total. The zero-order chi connectivity index (χ0) is 32.0. The molecule has 0 aromatic heterocycles. The highest BCUT2D eigenvalue weighted by Gasteiger charge is 2.42. The van der Waals surface area contributed by atoms with Gasteiger partial charge in [0.15, 0.2) is 0 Å². The zero-order valence-electron chi connectivity index (χ0n) is 24.9. The SMILES string of the molecule is CCOP(=O)(OCC)C(NC(=O)CNC(=O)/C(=C/c1ccc(C)cc1)NC(=O)c1ccccc1)C(=O)NCc1ccccc1. The second kappa shape index (κ2) is 16.9. The number of carbonyl (C=O) groups excluding carboxylic acids is 4. The van der Waals surface area contributed by atoms with Crippen LogP contribution in [0.3, 0.4) is 0 Å². The molecule has 12 heteroatoms. The van der Waals surface area contributed by atoms with Crippen molar-refractivity contribution in [1.29, 1.82) is 0 Å². The molecule has 0 radical (unpaired) electrons. The second-order valence-electron chi connectivity index (χ2n) is 9.52. The van der Waals surface area contributed by atoms with Crippen LogP contribution < -0.4 is 21.3 Å². The zero-order valence-corrected chi connectivity index (χ0v) is 25.8. The third-order valence-electron chi connectivity index (χ3n) is 6.12. The van der Waals surface area contributed by atoms with Crippen molar-refractivity contribution in [3.8, 4) is 0 Å². The average molecular weight is 621 g/mol. The normalized spacial score (nSPS) is 12.1. The van der Waals surface area contributed by atoms with Gasteiger partial charge in [-0.15, -0.1) is 0 Å². The highest BCUT2D eigenvalue weighted by Crippen LogP contribution is 2.52. The number of benzene rings is 3. The van der Waals surface area contributed by atoms with Crippen molar-refractivity contribution in [2.75, 3.05) is 19.8 Å². The first kappa shape index (κ1) is 33.9. The number of rotatable bonds is 15. The van der Waals surface area contributed by atoms with E-state index in [2.05, 4.69) is 21.3 Å². The number of hydrogen-bond acceptors (Lipinski definition) is 7. The van der Waals surface area contributed by atoms with Crippen molar-refractivity contribution < 1.29 is 32.8 Å². The van der Waals surface area contributed by atoms with Crippen molar-refractivity contribution in [3.05, 3.63) is 113 Å². The van der Waals surface area contributed by atoms with Crippen LogP contribution in [0.5, 0.6) is 0 Å². The number of amides is 4. The maximum absolute atomic E-state index is 13.6. The molecule has 0 spiro atoms. The smallest absolute Gasteiger partial charge is 0.350 e. The molecule has 232 valence electrons. The fraction of sp³-hybridized carbons (Fsp3) is 0.250. The maximum Gasteiger partial charge on any atom is 0.362 e. The number of hydrogen-bond donors (Lipinski definition) is 4. The van der Waals surface area contributed by atoms with E-state index in [9.17, 15) is 23.7 Å². The van der Waals surface area contributed by atoms with Crippen LogP contribution in [0.2, 0.25) is 0 Å². The van der Waals surface area contributed by atoms with Crippen LogP contribution >= 0.6 is 7.60 Å². The summed E-state index contributed by atoms with van der Waals surface area (Å²) < 4.78 is 24.3. The molecule has 0 aliphatic rings. The molecule has 44 heavy (non-hydrogen) atoms. The van der Waals surface area contributed by atoms with E-state index in [4.69, 9.17) is 9.05 Å². The van der Waals surface area contributed by atoms with Crippen molar-refractivity contribution in [2.45, 2.75) is 33.1 Å². The largest absolute Gasteiger partial charge is 0.362 e. The van der Waals surface area contributed by atoms with Crippen LogP contribution in [0.15, 0.2) is 90.6 Å². The molecule has 0 aliphatic heterocycles. The van der Waals surface area contributed by atoms with E-state index in [1.165, 1.54) is 6.08 Å². The summed E-state index contributed by atoms with van der Waals surface area (Å²) in [7, 11) is -4.16. The fourth-order valence-electron chi connectivity index (χ4n) is 3.95. The summed E-state index contributed by atoms with van der Waals surface area (Å²) in [6.45, 7) is 4.50. The molecular weight excluding hydrogens is 583 g/mol. The minimum Gasteiger partial charge on any atom is -0.350 e. The van der Waals surface area contributed by atoms with E-state index in [0.29, 0.717) is 11.1 Å². The van der Waals surface area contributed by atoms with Crippen molar-refractivity contribution >= 4 is 37.3 Å². The van der Waals surface area contributed by atoms with E-state index in [1.807, 2.05) is 25.1 Å². The molecule has 0 fully saturated rings. The van der Waals surface area contributed by atoms with E-state index in [0.717, 1.165) is 11.1 Å². The van der Waals surface area contributed by atoms with E-state index < -0.39 is 43.6 Å². The summed E-state index contributed by atoms with van der Waals surface area (Å²) in [6, 6.07) is 24.6. The van der Waals surface area contributed by atoms with Gasteiger partial charge in [-0.3, -0.25) is 23.7 Å². The predicted octanol–water partition coefficient (Wildman–Crippen LogP) is 3.91. The minimum atomic E-state index is -4.16. The Morgan fingerprint density at radius 1 is 0.818 bits per heavy atom. The standard InChI is InChI=1S/C32H37N4O7P/c1-4-42-44(41,43-5-2)32(31(40)33-21-25-12-8-6-9-13-25)36-28(37)22-34-30(39)27(20-24-18-16-23(3)17-19-24)35-29(38)26-14-10-7-11-15-26/h6-20,32H,4-5,21-22H2,1-3H3,(H,33,40)(H,34,39)(H,35,38)(H,36,37)/b27-20-. The topological polar surface area (TPSA) is 152 Å². The van der Waals surface area contributed by atoms with Gasteiger partial charge in [0.05, 0.1) is 19.8 Å². The lowest BCUT2D eigenvalue weighted by atomic mass is 10.1. The van der Waals surface area contributed by atoms with E-state index in [-0.39, 0.29) is 25.5 Å². The Kier molecular flexibility index (Phi) is 13.0. The first-order valence-corrected chi connectivity index (χ1v) is 15.7. The van der Waals surface area contributed by atoms with Crippen LogP contribution in [0, 0.1) is 6.92 Å². The van der Waals surface area contributed by atoms with Crippen LogP contribution in [0.4, 0.5) is 0 Å². The predicted molar refractivity (Wildman–Crippen MR) is 167 cm³/mol. The van der Waals surface area contributed by atoms with Crippen LogP contribution in [0.25, 0.3) is 6.08 Å². The van der Waals surface area contributed by atoms with Gasteiger partial charge in [-0.1, -0.05) is 78.4 Å². The van der Waals surface area contributed by atoms with Crippen molar-refractivity contribution in [1.82, 2.24) is 21.3 Å². The Morgan fingerprint density at radius 3 is 2.00 bits per heavy atom. The quantitative estimate of drug-likeness (QED) is 0.149. The van der Waals surface area contributed by atoms with E-state index in [1.54, 1.807) is 80.6 Å². The summed E-state index contributed by atoms with van der Waals surface area (Å²) in [5.41, 5.74) is 2.66. The molecule has 0 bridgehead atoms. The van der Waals surface area contributed by atoms with E-state index >= 15 is 0 Å². The Morgan fingerprint density at radius 2 is 1.41 bits per heavy atom. The summed E-state index contributed by atoms with van der Waals surface area (Å²) in [5, 5.41) is 10.1. The summed E-state index contributed by atoms with van der Waals surface area (Å²) >= 11 is 0. The highest BCUT2D eigenvalue weighted by molar-refractivity contribution is 7.55. The molecule has 3 rings (SSSR count). The third kappa shape index (κ3) is 10.3. The molecule has 4 amide bonds. The molecule has 11 nitrogen and oxygen atoms in total. The second-order valence-corrected chi connectivity index (χ2v) is 11.6. The lowest BCUT2D eigenvalue weighted by molar-refractivity contribution is -0.128. The number of nitrogens with one attached hydrogen (secondary N) is 4. The minimum absolute atomic E-state index is 0.0410. The fourth-order valence-corrected chi connectivity index (χ4v) is 5.72. The van der Waals surface area contributed by atoms with Gasteiger partial charge in [0, 0.05) is 12.1 Å². The molecular formula is C32H37N4O7P. The third-order valence-corrected chi connectivity index (χ3v) is 8.35. The molecule has 1 unspecified atom stereocenters. The van der Waals surface area contributed by atoms with Gasteiger partial charge in [-0.2, -0.15) is 0 Å². The number of carbonyl (C=O) groups is 4. The van der Waals surface area contributed by atoms with Crippen LogP contribution in [-0.2, 0) is 34.5 Å². The van der Waals surface area contributed by atoms with Gasteiger partial charge in [0.25, 0.3) is 17.7 Å². The summed E-state index contributed by atoms with van der Waals surface area (Å²) in [4.78, 5) is 52.2. The molecule has 3 aromatic rings. The molecule has 0 saturated carbocycles. The van der Waals surface area contributed by atoms with Gasteiger partial charge in [-0.25, -0.2) is 0 Å². The lowest BCUT2D eigenvalue weighted by Gasteiger charge is -2.26. The van der Waals surface area contributed by atoms with Gasteiger partial charge in [0.2, 0.25) is 11.7 Å². The first-order chi connectivity index (χ1) is 21.1. The van der Waals surface area contributed by atoms with Gasteiger partial charge in [-0.05, 0) is 50.1 Å². The monoisotopic (exact) mass is 620 g/mol. The van der Waals surface area contributed by atoms with Gasteiger partial charge >= 0.3 is 7.60 Å². The number of aryl methyl sites for hydroxylation is 1. The molecule has 0 aliphatic carbocycles. The van der Waals surface area contributed by atoms with Crippen LogP contribution in [-0.4, -0.2) is 49.2 Å². The Labute approximate surface area is 257 Å². The molecule has 0 saturated heterocycles. The summed E-state index contributed by atoms with van der Waals surface area (Å²) in [6.07, 6.45) is 1.48. The van der Waals surface area contributed by atoms with Gasteiger partial charge in [0.1, 0.15) is 5.70 Å². The van der Waals surface area contributed by atoms with Crippen molar-refractivity contribution in [2.24, 2.45) is 0 Å². The Balaban J connectivity index is 1.76. The van der Waals surface area contributed by atoms with Gasteiger partial charge < -0.3 is 30.3 Å². The average Bonchev–Trinajstić information content (AvgIpc) is 3.03. The summed E-state index contributed by atoms with van der Waals surface area (Å²) in [5.74, 6) is -4.58. The van der Waals surface area contributed by atoms with Crippen molar-refractivity contribution in [3.63, 3.8) is 0 Å². The maximum atomic E-state index is 13.6. The Hall–Kier alpha value is -4.57. The molecule has 0 heterocycles. The first-order valence-electron chi connectivity index (χ1n) is 14.1. The highest BCUT2D eigenvalue weighted by atomic mass is 31.2. The Bertz CT molecular complexity index is 1490. The molecule has 1 atom stereocenters.